The van der Waals surface area contributed by atoms with Crippen LogP contribution in [0.2, 0.25) is 0 Å². The van der Waals surface area contributed by atoms with E-state index < -0.39 is 11.9 Å². The van der Waals surface area contributed by atoms with Crippen molar-refractivity contribution >= 4 is 23.5 Å². The molecule has 2 N–H and O–H groups in total. The van der Waals surface area contributed by atoms with Gasteiger partial charge in [-0.3, -0.25) is 4.79 Å². The van der Waals surface area contributed by atoms with Gasteiger partial charge in [-0.25, -0.2) is 9.59 Å². The van der Waals surface area contributed by atoms with Gasteiger partial charge < -0.3 is 15.2 Å². The normalized spacial score (nSPS) is 10.1. The number of carboxylic acids is 1. The van der Waals surface area contributed by atoms with Crippen LogP contribution in [0.25, 0.3) is 0 Å². The fourth-order valence-corrected chi connectivity index (χ4v) is 2.23. The molecule has 6 heteroatoms. The molecule has 2 rings (SSSR count). The molecule has 0 aliphatic rings. The minimum absolute atomic E-state index is 0.0528. The van der Waals surface area contributed by atoms with Gasteiger partial charge in [0.25, 0.3) is 0 Å². The van der Waals surface area contributed by atoms with E-state index in [-0.39, 0.29) is 17.9 Å². The highest BCUT2D eigenvalue weighted by Gasteiger charge is 2.13. The number of amides is 1. The first-order valence-corrected chi connectivity index (χ1v) is 7.89. The van der Waals surface area contributed by atoms with E-state index >= 15 is 0 Å². The Balaban J connectivity index is 1.99. The maximum atomic E-state index is 12.1. The van der Waals surface area contributed by atoms with Crippen LogP contribution in [-0.4, -0.2) is 29.6 Å². The molecule has 0 saturated heterocycles. The number of rotatable bonds is 7. The summed E-state index contributed by atoms with van der Waals surface area (Å²) in [6, 6.07) is 12.7. The van der Waals surface area contributed by atoms with Gasteiger partial charge in [0.05, 0.1) is 24.2 Å². The largest absolute Gasteiger partial charge is 0.478 e. The summed E-state index contributed by atoms with van der Waals surface area (Å²) in [5.74, 6) is -1.82. The number of hydrogen-bond acceptors (Lipinski definition) is 4. The third kappa shape index (κ3) is 5.17. The zero-order valence-electron chi connectivity index (χ0n) is 13.8. The highest BCUT2D eigenvalue weighted by Crippen LogP contribution is 2.13. The molecular formula is C19H19NO5. The molecular weight excluding hydrogens is 322 g/mol. The lowest BCUT2D eigenvalue weighted by Crippen LogP contribution is -2.16. The average molecular weight is 341 g/mol. The van der Waals surface area contributed by atoms with E-state index in [4.69, 9.17) is 9.84 Å². The summed E-state index contributed by atoms with van der Waals surface area (Å²) in [6.07, 6.45) is 0.695. The molecule has 0 atom stereocenters. The fraction of sp³-hybridized carbons (Fsp3) is 0.211. The lowest BCUT2D eigenvalue weighted by Gasteiger charge is -2.08. The third-order valence-corrected chi connectivity index (χ3v) is 3.44. The summed E-state index contributed by atoms with van der Waals surface area (Å²) in [5.41, 5.74) is 1.46. The summed E-state index contributed by atoms with van der Waals surface area (Å²) >= 11 is 0. The minimum Gasteiger partial charge on any atom is -0.478 e. The number of carboxylic acid groups (broad SMARTS) is 1. The van der Waals surface area contributed by atoms with E-state index in [2.05, 4.69) is 5.32 Å². The van der Waals surface area contributed by atoms with Gasteiger partial charge in [0.15, 0.2) is 0 Å². The molecule has 0 saturated carbocycles. The van der Waals surface area contributed by atoms with Crippen molar-refractivity contribution in [2.45, 2.75) is 19.8 Å². The highest BCUT2D eigenvalue weighted by molar-refractivity contribution is 5.96. The number of anilines is 1. The Morgan fingerprint density at radius 2 is 1.72 bits per heavy atom. The van der Waals surface area contributed by atoms with Gasteiger partial charge in [-0.05, 0) is 42.3 Å². The number of esters is 1. The Bertz CT molecular complexity index is 768. The van der Waals surface area contributed by atoms with E-state index in [1.54, 1.807) is 42.5 Å². The molecule has 2 aromatic rings. The number of benzene rings is 2. The van der Waals surface area contributed by atoms with Crippen molar-refractivity contribution < 1.29 is 24.2 Å². The van der Waals surface area contributed by atoms with Gasteiger partial charge in [-0.1, -0.05) is 25.1 Å². The molecule has 1 amide bonds. The summed E-state index contributed by atoms with van der Waals surface area (Å²) < 4.78 is 5.03. The molecule has 6 nitrogen and oxygen atoms in total. The van der Waals surface area contributed by atoms with Gasteiger partial charge in [-0.2, -0.15) is 0 Å². The van der Waals surface area contributed by atoms with Crippen LogP contribution in [0.4, 0.5) is 5.69 Å². The van der Waals surface area contributed by atoms with Crippen LogP contribution >= 0.6 is 0 Å². The molecule has 0 fully saturated rings. The molecule has 0 aliphatic heterocycles. The lowest BCUT2D eigenvalue weighted by atomic mass is 10.0. The Morgan fingerprint density at radius 3 is 2.36 bits per heavy atom. The topological polar surface area (TPSA) is 92.7 Å². The molecule has 0 aliphatic carbocycles. The Labute approximate surface area is 145 Å². The second kappa shape index (κ2) is 8.63. The summed E-state index contributed by atoms with van der Waals surface area (Å²) in [4.78, 5) is 35.0. The van der Waals surface area contributed by atoms with E-state index in [1.165, 1.54) is 6.07 Å². The number of carbonyl (C=O) groups excluding carboxylic acids is 2. The van der Waals surface area contributed by atoms with Crippen LogP contribution in [0.1, 0.15) is 39.6 Å². The smallest absolute Gasteiger partial charge is 0.338 e. The molecule has 0 heterocycles. The summed E-state index contributed by atoms with van der Waals surface area (Å²) in [7, 11) is 0. The quantitative estimate of drug-likeness (QED) is 0.755. The van der Waals surface area contributed by atoms with Gasteiger partial charge in [0, 0.05) is 5.69 Å². The van der Waals surface area contributed by atoms with Crippen LogP contribution in [0.3, 0.4) is 0 Å². The maximum Gasteiger partial charge on any atom is 0.338 e. The maximum absolute atomic E-state index is 12.1. The third-order valence-electron chi connectivity index (χ3n) is 3.44. The predicted molar refractivity (Wildman–Crippen MR) is 92.8 cm³/mol. The number of hydrogen-bond donors (Lipinski definition) is 2. The fourth-order valence-electron chi connectivity index (χ4n) is 2.23. The zero-order valence-corrected chi connectivity index (χ0v) is 13.8. The van der Waals surface area contributed by atoms with E-state index in [9.17, 15) is 14.4 Å². The van der Waals surface area contributed by atoms with E-state index in [1.807, 2.05) is 6.92 Å². The molecule has 25 heavy (non-hydrogen) atoms. The molecule has 0 unspecified atom stereocenters. The standard InChI is InChI=1S/C19H19NO5/c1-2-11-25-19(24)13-7-9-15(10-8-13)20-17(21)12-14-5-3-4-6-16(14)18(22)23/h3-10H,2,11-12H2,1H3,(H,20,21)(H,22,23). The molecule has 130 valence electrons. The SMILES string of the molecule is CCCOC(=O)c1ccc(NC(=O)Cc2ccccc2C(=O)O)cc1. The van der Waals surface area contributed by atoms with Crippen molar-refractivity contribution in [2.75, 3.05) is 11.9 Å². The molecule has 0 bridgehead atoms. The first-order chi connectivity index (χ1) is 12.0. The van der Waals surface area contributed by atoms with Crippen molar-refractivity contribution in [3.63, 3.8) is 0 Å². The van der Waals surface area contributed by atoms with Crippen LogP contribution in [0, 0.1) is 0 Å². The zero-order chi connectivity index (χ0) is 18.2. The first kappa shape index (κ1) is 18.2. The Kier molecular flexibility index (Phi) is 6.28. The van der Waals surface area contributed by atoms with Gasteiger partial charge >= 0.3 is 11.9 Å². The van der Waals surface area contributed by atoms with Crippen molar-refractivity contribution in [3.05, 3.63) is 65.2 Å². The monoisotopic (exact) mass is 341 g/mol. The number of ether oxygens (including phenoxy) is 1. The second-order valence-electron chi connectivity index (χ2n) is 5.40. The van der Waals surface area contributed by atoms with Gasteiger partial charge in [0.2, 0.25) is 5.91 Å². The summed E-state index contributed by atoms with van der Waals surface area (Å²) in [6.45, 7) is 2.27. The van der Waals surface area contributed by atoms with Crippen molar-refractivity contribution in [2.24, 2.45) is 0 Å². The summed E-state index contributed by atoms with van der Waals surface area (Å²) in [5, 5.41) is 11.8. The predicted octanol–water partition coefficient (Wildman–Crippen LogP) is 3.13. The second-order valence-corrected chi connectivity index (χ2v) is 5.40. The molecule has 2 aromatic carbocycles. The van der Waals surface area contributed by atoms with Crippen LogP contribution < -0.4 is 5.32 Å². The molecule has 0 aromatic heterocycles. The van der Waals surface area contributed by atoms with E-state index in [0.29, 0.717) is 23.4 Å². The lowest BCUT2D eigenvalue weighted by molar-refractivity contribution is -0.115. The number of nitrogens with one attached hydrogen (secondary N) is 1. The minimum atomic E-state index is -1.07. The van der Waals surface area contributed by atoms with Crippen LogP contribution in [0.15, 0.2) is 48.5 Å². The number of carbonyl (C=O) groups is 3. The Morgan fingerprint density at radius 1 is 1.04 bits per heavy atom. The molecule has 0 radical (unpaired) electrons. The van der Waals surface area contributed by atoms with Crippen LogP contribution in [-0.2, 0) is 16.0 Å². The average Bonchev–Trinajstić information content (AvgIpc) is 2.60. The number of aromatic carboxylic acids is 1. The van der Waals surface area contributed by atoms with Crippen LogP contribution in [0.5, 0.6) is 0 Å². The van der Waals surface area contributed by atoms with Crippen molar-refractivity contribution in [3.8, 4) is 0 Å². The van der Waals surface area contributed by atoms with Crippen molar-refractivity contribution in [1.82, 2.24) is 0 Å². The highest BCUT2D eigenvalue weighted by atomic mass is 16.5. The van der Waals surface area contributed by atoms with Gasteiger partial charge in [-0.15, -0.1) is 0 Å². The van der Waals surface area contributed by atoms with E-state index in [0.717, 1.165) is 6.42 Å². The van der Waals surface area contributed by atoms with Crippen molar-refractivity contribution in [1.29, 1.82) is 0 Å². The molecule has 0 spiro atoms. The van der Waals surface area contributed by atoms with Gasteiger partial charge in [0.1, 0.15) is 0 Å². The first-order valence-electron chi connectivity index (χ1n) is 7.89. The Hall–Kier alpha value is -3.15.